The number of carboxylic acid groups (broad SMARTS) is 1. The highest BCUT2D eigenvalue weighted by atomic mass is 19.1. The quantitative estimate of drug-likeness (QED) is 0.831. The van der Waals surface area contributed by atoms with Crippen molar-refractivity contribution < 1.29 is 14.3 Å². The maximum absolute atomic E-state index is 13.1. The molecule has 0 bridgehead atoms. The molecule has 0 spiro atoms. The number of nitrogens with two attached hydrogens (primary N) is 1. The molecule has 0 saturated heterocycles. The number of nitrogen functional groups attached to an aromatic ring is 1. The third-order valence-corrected chi connectivity index (χ3v) is 2.30. The van der Waals surface area contributed by atoms with Crippen LogP contribution in [0.25, 0.3) is 11.1 Å². The zero-order valence-corrected chi connectivity index (χ0v) is 8.72. The van der Waals surface area contributed by atoms with E-state index < -0.39 is 11.8 Å². The Labute approximate surface area is 96.5 Å². The minimum atomic E-state index is -1.10. The summed E-state index contributed by atoms with van der Waals surface area (Å²) in [5, 5.41) is 8.85. The first-order valence-corrected chi connectivity index (χ1v) is 4.82. The highest BCUT2D eigenvalue weighted by molar-refractivity contribution is 5.90. The molecule has 4 nitrogen and oxygen atoms in total. The number of aromatic nitrogens is 1. The number of hydrogen-bond donors (Lipinski definition) is 2. The van der Waals surface area contributed by atoms with Crippen molar-refractivity contribution in [1.29, 1.82) is 0 Å². The normalized spacial score (nSPS) is 10.2. The Morgan fingerprint density at radius 2 is 2.12 bits per heavy atom. The number of anilines is 1. The lowest BCUT2D eigenvalue weighted by Gasteiger charge is -2.06. The number of hydrogen-bond acceptors (Lipinski definition) is 3. The molecule has 2 rings (SSSR count). The van der Waals surface area contributed by atoms with Crippen LogP contribution in [0, 0.1) is 5.82 Å². The molecule has 86 valence electrons. The SMILES string of the molecule is Nc1ncc(C(=O)O)cc1-c1cccc(F)c1. The molecule has 1 aromatic carbocycles. The number of aromatic carboxylic acids is 1. The Morgan fingerprint density at radius 1 is 1.35 bits per heavy atom. The van der Waals surface area contributed by atoms with Crippen LogP contribution in [-0.4, -0.2) is 16.1 Å². The number of rotatable bonds is 2. The topological polar surface area (TPSA) is 76.2 Å². The molecule has 0 aliphatic heterocycles. The maximum atomic E-state index is 13.1. The summed E-state index contributed by atoms with van der Waals surface area (Å²) in [4.78, 5) is 14.6. The van der Waals surface area contributed by atoms with E-state index in [1.54, 1.807) is 6.07 Å². The molecular weight excluding hydrogens is 223 g/mol. The van der Waals surface area contributed by atoms with E-state index in [1.165, 1.54) is 30.5 Å². The minimum Gasteiger partial charge on any atom is -0.478 e. The van der Waals surface area contributed by atoms with Crippen LogP contribution in [-0.2, 0) is 0 Å². The second-order valence-corrected chi connectivity index (χ2v) is 3.47. The van der Waals surface area contributed by atoms with E-state index in [9.17, 15) is 9.18 Å². The van der Waals surface area contributed by atoms with Crippen LogP contribution in [0.15, 0.2) is 36.5 Å². The molecule has 0 aliphatic rings. The third-order valence-electron chi connectivity index (χ3n) is 2.30. The van der Waals surface area contributed by atoms with Crippen LogP contribution in [0.2, 0.25) is 0 Å². The van der Waals surface area contributed by atoms with Crippen LogP contribution in [0.4, 0.5) is 10.2 Å². The van der Waals surface area contributed by atoms with Gasteiger partial charge in [-0.1, -0.05) is 12.1 Å². The first-order valence-electron chi connectivity index (χ1n) is 4.82. The Kier molecular flexibility index (Phi) is 2.74. The molecule has 1 aromatic heterocycles. The second-order valence-electron chi connectivity index (χ2n) is 3.47. The van der Waals surface area contributed by atoms with E-state index in [1.807, 2.05) is 0 Å². The number of benzene rings is 1. The summed E-state index contributed by atoms with van der Waals surface area (Å²) in [6.07, 6.45) is 1.17. The van der Waals surface area contributed by atoms with Crippen LogP contribution in [0.3, 0.4) is 0 Å². The fraction of sp³-hybridized carbons (Fsp3) is 0. The Hall–Kier alpha value is -2.43. The first-order chi connectivity index (χ1) is 8.08. The summed E-state index contributed by atoms with van der Waals surface area (Å²) in [6.45, 7) is 0. The van der Waals surface area contributed by atoms with Gasteiger partial charge in [0.05, 0.1) is 5.56 Å². The van der Waals surface area contributed by atoms with Crippen molar-refractivity contribution in [2.45, 2.75) is 0 Å². The number of pyridine rings is 1. The minimum absolute atomic E-state index is 0.0125. The fourth-order valence-electron chi connectivity index (χ4n) is 1.48. The fourth-order valence-corrected chi connectivity index (χ4v) is 1.48. The van der Waals surface area contributed by atoms with Crippen LogP contribution in [0.1, 0.15) is 10.4 Å². The highest BCUT2D eigenvalue weighted by Gasteiger charge is 2.10. The molecule has 0 saturated carbocycles. The van der Waals surface area contributed by atoms with Crippen molar-refractivity contribution in [3.8, 4) is 11.1 Å². The maximum Gasteiger partial charge on any atom is 0.337 e. The lowest BCUT2D eigenvalue weighted by atomic mass is 10.0. The predicted octanol–water partition coefficient (Wildman–Crippen LogP) is 2.17. The average Bonchev–Trinajstić information content (AvgIpc) is 2.29. The van der Waals surface area contributed by atoms with Gasteiger partial charge in [-0.25, -0.2) is 14.2 Å². The van der Waals surface area contributed by atoms with Gasteiger partial charge >= 0.3 is 5.97 Å². The van der Waals surface area contributed by atoms with Crippen molar-refractivity contribution in [3.05, 3.63) is 47.9 Å². The van der Waals surface area contributed by atoms with Crippen molar-refractivity contribution >= 4 is 11.8 Å². The molecule has 3 N–H and O–H groups in total. The van der Waals surface area contributed by atoms with Gasteiger partial charge in [-0.05, 0) is 23.8 Å². The van der Waals surface area contributed by atoms with Crippen molar-refractivity contribution in [1.82, 2.24) is 4.98 Å². The molecular formula is C12H9FN2O2. The van der Waals surface area contributed by atoms with Crippen molar-refractivity contribution in [2.75, 3.05) is 5.73 Å². The summed E-state index contributed by atoms with van der Waals surface area (Å²) >= 11 is 0. The van der Waals surface area contributed by atoms with E-state index in [2.05, 4.69) is 4.98 Å². The number of carbonyl (C=O) groups is 1. The number of halogens is 1. The van der Waals surface area contributed by atoms with Gasteiger partial charge in [-0.2, -0.15) is 0 Å². The molecule has 0 amide bonds. The Morgan fingerprint density at radius 3 is 2.76 bits per heavy atom. The Bertz CT molecular complexity index is 584. The predicted molar refractivity (Wildman–Crippen MR) is 61.0 cm³/mol. The smallest absolute Gasteiger partial charge is 0.337 e. The van der Waals surface area contributed by atoms with Gasteiger partial charge in [0.2, 0.25) is 0 Å². The van der Waals surface area contributed by atoms with Gasteiger partial charge in [0.1, 0.15) is 11.6 Å². The van der Waals surface area contributed by atoms with Crippen LogP contribution in [0.5, 0.6) is 0 Å². The third kappa shape index (κ3) is 2.23. The van der Waals surface area contributed by atoms with E-state index in [0.717, 1.165) is 0 Å². The van der Waals surface area contributed by atoms with E-state index >= 15 is 0 Å². The molecule has 5 heteroatoms. The van der Waals surface area contributed by atoms with Crippen LogP contribution >= 0.6 is 0 Å². The summed E-state index contributed by atoms with van der Waals surface area (Å²) in [5.74, 6) is -1.35. The highest BCUT2D eigenvalue weighted by Crippen LogP contribution is 2.25. The summed E-state index contributed by atoms with van der Waals surface area (Å²) in [5.41, 5.74) is 6.56. The standard InChI is InChI=1S/C12H9FN2O2/c13-9-3-1-2-7(4-9)10-5-8(12(16)17)6-15-11(10)14/h1-6H,(H2,14,15)(H,16,17). The molecule has 0 unspecified atom stereocenters. The zero-order chi connectivity index (χ0) is 12.4. The van der Waals surface area contributed by atoms with Crippen molar-refractivity contribution in [3.63, 3.8) is 0 Å². The molecule has 0 atom stereocenters. The monoisotopic (exact) mass is 232 g/mol. The lowest BCUT2D eigenvalue weighted by Crippen LogP contribution is -2.01. The van der Waals surface area contributed by atoms with Crippen molar-refractivity contribution in [2.24, 2.45) is 0 Å². The van der Waals surface area contributed by atoms with Gasteiger partial charge in [0.15, 0.2) is 0 Å². The van der Waals surface area contributed by atoms with E-state index in [4.69, 9.17) is 10.8 Å². The van der Waals surface area contributed by atoms with Gasteiger partial charge in [0, 0.05) is 11.8 Å². The molecule has 0 fully saturated rings. The molecule has 0 radical (unpaired) electrons. The molecule has 2 aromatic rings. The summed E-state index contributed by atoms with van der Waals surface area (Å²) < 4.78 is 13.1. The van der Waals surface area contributed by atoms with Gasteiger partial charge in [-0.15, -0.1) is 0 Å². The summed E-state index contributed by atoms with van der Waals surface area (Å²) in [7, 11) is 0. The number of carboxylic acids is 1. The van der Waals surface area contributed by atoms with E-state index in [-0.39, 0.29) is 11.4 Å². The number of nitrogens with zero attached hydrogens (tertiary/aromatic N) is 1. The Balaban J connectivity index is 2.58. The first kappa shape index (κ1) is 11.1. The van der Waals surface area contributed by atoms with Gasteiger partial charge < -0.3 is 10.8 Å². The van der Waals surface area contributed by atoms with Crippen LogP contribution < -0.4 is 5.73 Å². The molecule has 1 heterocycles. The lowest BCUT2D eigenvalue weighted by molar-refractivity contribution is 0.0696. The molecule has 0 aliphatic carbocycles. The van der Waals surface area contributed by atoms with E-state index in [0.29, 0.717) is 11.1 Å². The molecule has 17 heavy (non-hydrogen) atoms. The largest absolute Gasteiger partial charge is 0.478 e. The zero-order valence-electron chi connectivity index (χ0n) is 8.72. The van der Waals surface area contributed by atoms with Gasteiger partial charge in [-0.3, -0.25) is 0 Å². The van der Waals surface area contributed by atoms with Gasteiger partial charge in [0.25, 0.3) is 0 Å². The average molecular weight is 232 g/mol. The summed E-state index contributed by atoms with van der Waals surface area (Å²) in [6, 6.07) is 7.12. The second kappa shape index (κ2) is 4.21.